The summed E-state index contributed by atoms with van der Waals surface area (Å²) in [6.07, 6.45) is 0. The molecule has 192 valence electrons. The van der Waals surface area contributed by atoms with E-state index in [1.807, 2.05) is 24.3 Å². The first-order chi connectivity index (χ1) is 16.8. The van der Waals surface area contributed by atoms with Crippen molar-refractivity contribution in [1.29, 1.82) is 0 Å². The maximum atomic E-state index is 10.7. The summed E-state index contributed by atoms with van der Waals surface area (Å²) in [7, 11) is 0. The third kappa shape index (κ3) is 10.8. The Labute approximate surface area is 207 Å². The fraction of sp³-hybridized carbons (Fsp3) is 0.481. The zero-order valence-electron chi connectivity index (χ0n) is 21.0. The lowest BCUT2D eigenvalue weighted by atomic mass is 9.78. The fourth-order valence-corrected chi connectivity index (χ4v) is 3.23. The van der Waals surface area contributed by atoms with Crippen LogP contribution in [0.1, 0.15) is 38.8 Å². The van der Waals surface area contributed by atoms with Crippen molar-refractivity contribution in [3.8, 4) is 11.5 Å². The number of benzene rings is 2. The van der Waals surface area contributed by atoms with E-state index in [1.54, 1.807) is 0 Å². The third-order valence-corrected chi connectivity index (χ3v) is 5.21. The summed E-state index contributed by atoms with van der Waals surface area (Å²) in [4.78, 5) is 21.4. The number of ether oxygens (including phenoxy) is 6. The molecule has 0 spiro atoms. The molecule has 0 saturated heterocycles. The van der Waals surface area contributed by atoms with Crippen LogP contribution in [0.25, 0.3) is 0 Å². The van der Waals surface area contributed by atoms with E-state index < -0.39 is 0 Å². The zero-order chi connectivity index (χ0) is 25.5. The normalized spacial score (nSPS) is 11.1. The molecule has 8 heteroatoms. The van der Waals surface area contributed by atoms with Crippen LogP contribution in [0.4, 0.5) is 0 Å². The van der Waals surface area contributed by atoms with Gasteiger partial charge < -0.3 is 28.4 Å². The van der Waals surface area contributed by atoms with Crippen molar-refractivity contribution in [2.24, 2.45) is 0 Å². The average Bonchev–Trinajstić information content (AvgIpc) is 2.83. The summed E-state index contributed by atoms with van der Waals surface area (Å²) in [6, 6.07) is 16.1. The van der Waals surface area contributed by atoms with Gasteiger partial charge in [0.25, 0.3) is 0 Å². The molecule has 0 fully saturated rings. The minimum Gasteiger partial charge on any atom is -0.491 e. The molecule has 2 aromatic rings. The second-order valence-corrected chi connectivity index (χ2v) is 8.28. The van der Waals surface area contributed by atoms with Gasteiger partial charge in [-0.1, -0.05) is 38.1 Å². The molecule has 2 rings (SSSR count). The van der Waals surface area contributed by atoms with Gasteiger partial charge in [-0.25, -0.2) is 0 Å². The molecule has 0 heterocycles. The highest BCUT2D eigenvalue weighted by atomic mass is 16.6. The lowest BCUT2D eigenvalue weighted by molar-refractivity contribution is -0.143. The zero-order valence-corrected chi connectivity index (χ0v) is 21.0. The largest absolute Gasteiger partial charge is 0.491 e. The van der Waals surface area contributed by atoms with Gasteiger partial charge in [0.15, 0.2) is 0 Å². The first-order valence-electron chi connectivity index (χ1n) is 11.7. The number of carbonyl (C=O) groups excluding carboxylic acids is 2. The molecule has 0 N–H and O–H groups in total. The molecule has 0 amide bonds. The van der Waals surface area contributed by atoms with E-state index in [2.05, 4.69) is 38.1 Å². The molecule has 0 aliphatic rings. The van der Waals surface area contributed by atoms with E-state index in [0.717, 1.165) is 22.6 Å². The van der Waals surface area contributed by atoms with E-state index in [-0.39, 0.29) is 30.6 Å². The van der Waals surface area contributed by atoms with Crippen molar-refractivity contribution < 1.29 is 38.0 Å². The topological polar surface area (TPSA) is 89.5 Å². The van der Waals surface area contributed by atoms with Crippen molar-refractivity contribution in [2.45, 2.75) is 33.1 Å². The Kier molecular flexibility index (Phi) is 12.1. The van der Waals surface area contributed by atoms with Gasteiger partial charge in [0, 0.05) is 19.3 Å². The van der Waals surface area contributed by atoms with Crippen molar-refractivity contribution >= 4 is 11.9 Å². The molecular weight excluding hydrogens is 452 g/mol. The monoisotopic (exact) mass is 488 g/mol. The molecule has 35 heavy (non-hydrogen) atoms. The minimum absolute atomic E-state index is 0.198. The lowest BCUT2D eigenvalue weighted by Gasteiger charge is -2.26. The quantitative estimate of drug-likeness (QED) is 0.259. The minimum atomic E-state index is -0.312. The van der Waals surface area contributed by atoms with Gasteiger partial charge in [0.1, 0.15) is 37.9 Å². The molecule has 0 radical (unpaired) electrons. The second-order valence-electron chi connectivity index (χ2n) is 8.28. The number of esters is 2. The standard InChI is InChI=1S/C27H36O8/c1-21(28)32-17-13-30-15-19-34-25-9-5-23(6-10-25)27(3,4)24-7-11-26(12-8-24)35-20-16-31-14-18-33-22(2)29/h5-12H,13-20H2,1-4H3. The lowest BCUT2D eigenvalue weighted by Crippen LogP contribution is -2.19. The Morgan fingerprint density at radius 3 is 1.26 bits per heavy atom. The van der Waals surface area contributed by atoms with Crippen molar-refractivity contribution in [3.63, 3.8) is 0 Å². The van der Waals surface area contributed by atoms with Crippen LogP contribution in [-0.4, -0.2) is 64.8 Å². The maximum Gasteiger partial charge on any atom is 0.302 e. The van der Waals surface area contributed by atoms with Gasteiger partial charge in [-0.05, 0) is 35.4 Å². The molecular formula is C27H36O8. The summed E-state index contributed by atoms with van der Waals surface area (Å²) in [5, 5.41) is 0. The van der Waals surface area contributed by atoms with Gasteiger partial charge in [-0.3, -0.25) is 9.59 Å². The highest BCUT2D eigenvalue weighted by Gasteiger charge is 2.23. The number of hydrogen-bond acceptors (Lipinski definition) is 8. The molecule has 2 aromatic carbocycles. The van der Waals surface area contributed by atoms with Crippen LogP contribution >= 0.6 is 0 Å². The smallest absolute Gasteiger partial charge is 0.302 e. The van der Waals surface area contributed by atoms with Gasteiger partial charge in [0.2, 0.25) is 0 Å². The van der Waals surface area contributed by atoms with E-state index in [4.69, 9.17) is 28.4 Å². The number of rotatable bonds is 16. The highest BCUT2D eigenvalue weighted by Crippen LogP contribution is 2.33. The van der Waals surface area contributed by atoms with E-state index in [0.29, 0.717) is 39.6 Å². The van der Waals surface area contributed by atoms with Crippen LogP contribution < -0.4 is 9.47 Å². The maximum absolute atomic E-state index is 10.7. The Bertz CT molecular complexity index is 817. The molecule has 0 atom stereocenters. The Morgan fingerprint density at radius 1 is 0.571 bits per heavy atom. The van der Waals surface area contributed by atoms with Gasteiger partial charge in [0.05, 0.1) is 26.4 Å². The summed E-state index contributed by atoms with van der Waals surface area (Å²) < 4.78 is 31.8. The molecule has 0 saturated carbocycles. The van der Waals surface area contributed by atoms with Gasteiger partial charge >= 0.3 is 11.9 Å². The number of hydrogen-bond donors (Lipinski definition) is 0. The Balaban J connectivity index is 1.74. The van der Waals surface area contributed by atoms with Gasteiger partial charge in [-0.15, -0.1) is 0 Å². The van der Waals surface area contributed by atoms with Gasteiger partial charge in [-0.2, -0.15) is 0 Å². The van der Waals surface area contributed by atoms with Crippen molar-refractivity contribution in [1.82, 2.24) is 0 Å². The van der Waals surface area contributed by atoms with E-state index >= 15 is 0 Å². The summed E-state index contributed by atoms with van der Waals surface area (Å²) >= 11 is 0. The first kappa shape index (κ1) is 28.1. The fourth-order valence-electron chi connectivity index (χ4n) is 3.23. The average molecular weight is 489 g/mol. The van der Waals surface area contributed by atoms with Crippen LogP contribution in [0.15, 0.2) is 48.5 Å². The number of carbonyl (C=O) groups is 2. The summed E-state index contributed by atoms with van der Waals surface area (Å²) in [5.41, 5.74) is 2.13. The summed E-state index contributed by atoms with van der Waals surface area (Å²) in [6.45, 7) is 9.97. The third-order valence-electron chi connectivity index (χ3n) is 5.21. The molecule has 0 unspecified atom stereocenters. The predicted octanol–water partition coefficient (Wildman–Crippen LogP) is 3.93. The Morgan fingerprint density at radius 2 is 0.914 bits per heavy atom. The SMILES string of the molecule is CC(=O)OCCOCCOc1ccc(C(C)(C)c2ccc(OCCOCCOC(C)=O)cc2)cc1. The van der Waals surface area contributed by atoms with Crippen molar-refractivity contribution in [3.05, 3.63) is 59.7 Å². The van der Waals surface area contributed by atoms with E-state index in [1.165, 1.54) is 13.8 Å². The van der Waals surface area contributed by atoms with E-state index in [9.17, 15) is 9.59 Å². The molecule has 0 aliphatic heterocycles. The first-order valence-corrected chi connectivity index (χ1v) is 11.7. The van der Waals surface area contributed by atoms with Crippen LogP contribution in [0, 0.1) is 0 Å². The predicted molar refractivity (Wildman–Crippen MR) is 131 cm³/mol. The highest BCUT2D eigenvalue weighted by molar-refractivity contribution is 5.66. The molecule has 0 aliphatic carbocycles. The summed E-state index contributed by atoms with van der Waals surface area (Å²) in [5.74, 6) is 0.917. The van der Waals surface area contributed by atoms with Crippen LogP contribution in [0.3, 0.4) is 0 Å². The molecule has 0 aromatic heterocycles. The van der Waals surface area contributed by atoms with Crippen LogP contribution in [0.5, 0.6) is 11.5 Å². The molecule has 0 bridgehead atoms. The Hall–Kier alpha value is -3.10. The second kappa shape index (κ2) is 15.0. The van der Waals surface area contributed by atoms with Crippen molar-refractivity contribution in [2.75, 3.05) is 52.9 Å². The molecule has 8 nitrogen and oxygen atoms in total. The van der Waals surface area contributed by atoms with Crippen LogP contribution in [-0.2, 0) is 34.0 Å². The van der Waals surface area contributed by atoms with Crippen LogP contribution in [0.2, 0.25) is 0 Å².